The number of hydrogen-bond acceptors (Lipinski definition) is 5. The molecule has 1 saturated heterocycles. The van der Waals surface area contributed by atoms with Crippen LogP contribution in [-0.4, -0.2) is 10.1 Å². The molecule has 194 valence electrons. The third kappa shape index (κ3) is 5.52. The van der Waals surface area contributed by atoms with Crippen molar-refractivity contribution in [2.24, 2.45) is 0 Å². The molecule has 1 fully saturated rings. The van der Waals surface area contributed by atoms with Crippen molar-refractivity contribution in [3.05, 3.63) is 131 Å². The van der Waals surface area contributed by atoms with Gasteiger partial charge in [0.1, 0.15) is 23.3 Å². The number of furan rings is 1. The molecular formula is C31H24ClN3O2S2. The Labute approximate surface area is 241 Å². The Morgan fingerprint density at radius 1 is 0.923 bits per heavy atom. The van der Waals surface area contributed by atoms with Crippen molar-refractivity contribution in [1.82, 2.24) is 10.3 Å². The highest BCUT2D eigenvalue weighted by atomic mass is 35.5. The van der Waals surface area contributed by atoms with E-state index in [0.29, 0.717) is 10.1 Å². The first kappa shape index (κ1) is 25.5. The number of pyridine rings is 1. The normalized spacial score (nSPS) is 16.8. The SMILES string of the molecule is Cc1ccccc1Oc1ccc(N2C(=S)N[C@H](c3ccccn3)[C@@H]2c2ccc(Sc3ccc(Cl)cc3)o2)cc1. The van der Waals surface area contributed by atoms with E-state index < -0.39 is 0 Å². The summed E-state index contributed by atoms with van der Waals surface area (Å²) >= 11 is 13.5. The zero-order valence-corrected chi connectivity index (χ0v) is 23.3. The maximum Gasteiger partial charge on any atom is 0.174 e. The largest absolute Gasteiger partial charge is 0.457 e. The smallest absolute Gasteiger partial charge is 0.174 e. The van der Waals surface area contributed by atoms with Crippen LogP contribution in [0.25, 0.3) is 0 Å². The minimum Gasteiger partial charge on any atom is -0.457 e. The number of rotatable bonds is 7. The number of aryl methyl sites for hydroxylation is 1. The minimum absolute atomic E-state index is 0.193. The van der Waals surface area contributed by atoms with Gasteiger partial charge >= 0.3 is 0 Å². The maximum absolute atomic E-state index is 6.41. The summed E-state index contributed by atoms with van der Waals surface area (Å²) < 4.78 is 12.5. The fraction of sp³-hybridized carbons (Fsp3) is 0.0968. The van der Waals surface area contributed by atoms with Gasteiger partial charge in [-0.05, 0) is 104 Å². The van der Waals surface area contributed by atoms with Crippen LogP contribution in [0.3, 0.4) is 0 Å². The number of aromatic nitrogens is 1. The van der Waals surface area contributed by atoms with Crippen LogP contribution in [0.15, 0.2) is 124 Å². The summed E-state index contributed by atoms with van der Waals surface area (Å²) in [7, 11) is 0. The van der Waals surface area contributed by atoms with Gasteiger partial charge in [-0.25, -0.2) is 0 Å². The van der Waals surface area contributed by atoms with Gasteiger partial charge in [0.2, 0.25) is 0 Å². The van der Waals surface area contributed by atoms with Crippen LogP contribution in [0, 0.1) is 6.92 Å². The van der Waals surface area contributed by atoms with Gasteiger partial charge in [0.15, 0.2) is 10.2 Å². The number of nitrogens with zero attached hydrogens (tertiary/aromatic N) is 2. The molecule has 0 radical (unpaired) electrons. The fourth-order valence-electron chi connectivity index (χ4n) is 4.56. The number of para-hydroxylation sites is 1. The lowest BCUT2D eigenvalue weighted by Gasteiger charge is -2.26. The van der Waals surface area contributed by atoms with Gasteiger partial charge in [-0.3, -0.25) is 4.98 Å². The standard InChI is InChI=1S/C31H24ClN3O2S2/c1-20-6-2-3-8-26(20)36-23-13-11-22(12-14-23)35-30(29(34-31(35)38)25-7-4-5-19-33-25)27-17-18-28(37-27)39-24-15-9-21(32)10-16-24/h2-19,29-30H,1H3,(H,34,38)/t29-,30+/m1/s1. The van der Waals surface area contributed by atoms with Crippen molar-refractivity contribution < 1.29 is 9.15 Å². The summed E-state index contributed by atoms with van der Waals surface area (Å²) in [6, 6.07) is 33.1. The molecule has 0 spiro atoms. The topological polar surface area (TPSA) is 50.5 Å². The molecule has 0 bridgehead atoms. The van der Waals surface area contributed by atoms with Crippen molar-refractivity contribution in [2.75, 3.05) is 4.90 Å². The molecule has 1 aliphatic rings. The Morgan fingerprint density at radius 2 is 1.69 bits per heavy atom. The molecule has 0 amide bonds. The van der Waals surface area contributed by atoms with Crippen LogP contribution in [0.2, 0.25) is 5.02 Å². The molecule has 1 N–H and O–H groups in total. The van der Waals surface area contributed by atoms with Crippen LogP contribution < -0.4 is 15.0 Å². The highest BCUT2D eigenvalue weighted by Gasteiger charge is 2.42. The molecule has 1 aliphatic heterocycles. The zero-order valence-electron chi connectivity index (χ0n) is 21.0. The summed E-state index contributed by atoms with van der Waals surface area (Å²) in [6.45, 7) is 2.03. The molecule has 0 unspecified atom stereocenters. The highest BCUT2D eigenvalue weighted by molar-refractivity contribution is 7.99. The fourth-order valence-corrected chi connectivity index (χ4v) is 5.81. The van der Waals surface area contributed by atoms with Crippen molar-refractivity contribution in [1.29, 1.82) is 0 Å². The Morgan fingerprint density at radius 3 is 2.44 bits per heavy atom. The van der Waals surface area contributed by atoms with Crippen LogP contribution in [0.5, 0.6) is 11.5 Å². The van der Waals surface area contributed by atoms with E-state index in [0.717, 1.165) is 44.2 Å². The van der Waals surface area contributed by atoms with E-state index in [4.69, 9.17) is 33.0 Å². The molecule has 3 heterocycles. The molecule has 6 rings (SSSR count). The second kappa shape index (κ2) is 11.1. The zero-order chi connectivity index (χ0) is 26.8. The van der Waals surface area contributed by atoms with E-state index >= 15 is 0 Å². The van der Waals surface area contributed by atoms with Crippen molar-refractivity contribution in [2.45, 2.75) is 29.0 Å². The second-order valence-corrected chi connectivity index (χ2v) is 11.0. The number of anilines is 1. The molecular weight excluding hydrogens is 546 g/mol. The first-order valence-corrected chi connectivity index (χ1v) is 14.0. The van der Waals surface area contributed by atoms with Gasteiger partial charge in [-0.2, -0.15) is 0 Å². The summed E-state index contributed by atoms with van der Waals surface area (Å²) in [5.41, 5.74) is 2.89. The van der Waals surface area contributed by atoms with E-state index in [1.54, 1.807) is 18.0 Å². The van der Waals surface area contributed by atoms with Gasteiger partial charge in [-0.15, -0.1) is 0 Å². The number of hydrogen-bond donors (Lipinski definition) is 1. The van der Waals surface area contributed by atoms with E-state index in [9.17, 15) is 0 Å². The first-order chi connectivity index (χ1) is 19.0. The van der Waals surface area contributed by atoms with E-state index in [2.05, 4.69) is 15.2 Å². The van der Waals surface area contributed by atoms with E-state index in [1.165, 1.54) is 0 Å². The maximum atomic E-state index is 6.41. The third-order valence-corrected chi connectivity index (χ3v) is 7.96. The molecule has 0 aliphatic carbocycles. The summed E-state index contributed by atoms with van der Waals surface area (Å²) in [6.07, 6.45) is 1.79. The number of thiocarbonyl (C=S) groups is 1. The summed E-state index contributed by atoms with van der Waals surface area (Å²) in [5, 5.41) is 5.57. The quantitative estimate of drug-likeness (QED) is 0.197. The summed E-state index contributed by atoms with van der Waals surface area (Å²) in [5.74, 6) is 2.37. The van der Waals surface area contributed by atoms with Gasteiger partial charge in [-0.1, -0.05) is 47.6 Å². The molecule has 8 heteroatoms. The molecule has 39 heavy (non-hydrogen) atoms. The van der Waals surface area contributed by atoms with Gasteiger partial charge in [0, 0.05) is 21.8 Å². The predicted octanol–water partition coefficient (Wildman–Crippen LogP) is 8.76. The molecule has 2 atom stereocenters. The monoisotopic (exact) mass is 569 g/mol. The molecule has 3 aromatic carbocycles. The average Bonchev–Trinajstić information content (AvgIpc) is 3.56. The molecule has 2 aromatic heterocycles. The van der Waals surface area contributed by atoms with Crippen LogP contribution in [0.1, 0.15) is 29.1 Å². The van der Waals surface area contributed by atoms with Crippen molar-refractivity contribution >= 4 is 46.4 Å². The van der Waals surface area contributed by atoms with Crippen LogP contribution >= 0.6 is 35.6 Å². The van der Waals surface area contributed by atoms with Gasteiger partial charge in [0.05, 0.1) is 11.7 Å². The lowest BCUT2D eigenvalue weighted by molar-refractivity contribution is 0.383. The van der Waals surface area contributed by atoms with Crippen LogP contribution in [0.4, 0.5) is 5.69 Å². The lowest BCUT2D eigenvalue weighted by atomic mass is 10.0. The van der Waals surface area contributed by atoms with E-state index in [-0.39, 0.29) is 12.1 Å². The number of halogens is 1. The van der Waals surface area contributed by atoms with Crippen molar-refractivity contribution in [3.8, 4) is 11.5 Å². The lowest BCUT2D eigenvalue weighted by Crippen LogP contribution is -2.29. The second-order valence-electron chi connectivity index (χ2n) is 9.07. The number of nitrogens with one attached hydrogen (secondary N) is 1. The Kier molecular flexibility index (Phi) is 7.28. The summed E-state index contributed by atoms with van der Waals surface area (Å²) in [4.78, 5) is 7.75. The van der Waals surface area contributed by atoms with E-state index in [1.807, 2.05) is 110 Å². The Balaban J connectivity index is 1.31. The Hall–Kier alpha value is -3.78. The van der Waals surface area contributed by atoms with Gasteiger partial charge in [0.25, 0.3) is 0 Å². The minimum atomic E-state index is -0.241. The first-order valence-electron chi connectivity index (χ1n) is 12.4. The highest BCUT2D eigenvalue weighted by Crippen LogP contribution is 2.44. The van der Waals surface area contributed by atoms with Crippen molar-refractivity contribution in [3.63, 3.8) is 0 Å². The van der Waals surface area contributed by atoms with Gasteiger partial charge < -0.3 is 19.4 Å². The third-order valence-electron chi connectivity index (χ3n) is 6.46. The predicted molar refractivity (Wildman–Crippen MR) is 160 cm³/mol. The van der Waals surface area contributed by atoms with Crippen LogP contribution in [-0.2, 0) is 0 Å². The molecule has 5 nitrogen and oxygen atoms in total. The number of ether oxygens (including phenoxy) is 1. The Bertz CT molecular complexity index is 1590. The molecule has 0 saturated carbocycles. The molecule has 5 aromatic rings. The average molecular weight is 570 g/mol. The number of benzene rings is 3.